The van der Waals surface area contributed by atoms with E-state index in [9.17, 15) is 13.2 Å². The molecule has 0 radical (unpaired) electrons. The van der Waals surface area contributed by atoms with Crippen LogP contribution in [0, 0.1) is 0 Å². The Morgan fingerprint density at radius 1 is 0.970 bits per heavy atom. The minimum absolute atomic E-state index is 0.0525. The first kappa shape index (κ1) is 21.4. The van der Waals surface area contributed by atoms with E-state index in [1.807, 2.05) is 30.3 Å². The molecule has 1 aliphatic heterocycles. The molecule has 8 nitrogen and oxygen atoms in total. The van der Waals surface area contributed by atoms with E-state index in [0.717, 1.165) is 10.0 Å². The Bertz CT molecular complexity index is 1430. The fraction of sp³-hybridized carbons (Fsp3) is 0.0870. The molecular formula is C23H17BrN4O4S. The van der Waals surface area contributed by atoms with Crippen LogP contribution in [0.1, 0.15) is 15.9 Å². The van der Waals surface area contributed by atoms with Gasteiger partial charge in [0.2, 0.25) is 5.89 Å². The van der Waals surface area contributed by atoms with Crippen LogP contribution in [0.2, 0.25) is 0 Å². The van der Waals surface area contributed by atoms with Gasteiger partial charge in [0.25, 0.3) is 15.9 Å². The molecule has 0 fully saturated rings. The number of nitrogens with one attached hydrogen (secondary N) is 1. The summed E-state index contributed by atoms with van der Waals surface area (Å²) >= 11 is 3.36. The monoisotopic (exact) mass is 524 g/mol. The predicted octanol–water partition coefficient (Wildman–Crippen LogP) is 4.50. The van der Waals surface area contributed by atoms with Crippen LogP contribution in [0.3, 0.4) is 0 Å². The zero-order valence-corrected chi connectivity index (χ0v) is 19.5. The van der Waals surface area contributed by atoms with Crippen molar-refractivity contribution in [3.63, 3.8) is 0 Å². The summed E-state index contributed by atoms with van der Waals surface area (Å²) in [5, 5.41) is 10.3. The Kier molecular flexibility index (Phi) is 5.47. The minimum Gasteiger partial charge on any atom is -0.403 e. The second kappa shape index (κ2) is 8.45. The summed E-state index contributed by atoms with van der Waals surface area (Å²) < 4.78 is 34.1. The number of sulfonamides is 1. The number of hydrogen-bond donors (Lipinski definition) is 1. The lowest BCUT2D eigenvalue weighted by molar-refractivity contribution is 0.102. The minimum atomic E-state index is -3.73. The zero-order valence-electron chi connectivity index (χ0n) is 17.1. The summed E-state index contributed by atoms with van der Waals surface area (Å²) in [5.74, 6) is -0.221. The van der Waals surface area contributed by atoms with Gasteiger partial charge in [-0.3, -0.25) is 14.4 Å². The quantitative estimate of drug-likeness (QED) is 0.411. The largest absolute Gasteiger partial charge is 0.403 e. The molecule has 1 aromatic heterocycles. The predicted molar refractivity (Wildman–Crippen MR) is 127 cm³/mol. The Balaban J connectivity index is 1.31. The van der Waals surface area contributed by atoms with Crippen molar-refractivity contribution in [2.24, 2.45) is 0 Å². The van der Waals surface area contributed by atoms with E-state index in [0.29, 0.717) is 24.2 Å². The number of amides is 1. The number of rotatable bonds is 5. The van der Waals surface area contributed by atoms with E-state index in [1.54, 1.807) is 18.2 Å². The Morgan fingerprint density at radius 3 is 2.45 bits per heavy atom. The maximum Gasteiger partial charge on any atom is 0.322 e. The van der Waals surface area contributed by atoms with E-state index >= 15 is 0 Å². The van der Waals surface area contributed by atoms with Gasteiger partial charge in [-0.05, 0) is 66.6 Å². The second-order valence-corrected chi connectivity index (χ2v) is 10.1. The van der Waals surface area contributed by atoms with Crippen molar-refractivity contribution < 1.29 is 17.6 Å². The highest BCUT2D eigenvalue weighted by molar-refractivity contribution is 9.10. The lowest BCUT2D eigenvalue weighted by atomic mass is 10.2. The van der Waals surface area contributed by atoms with E-state index in [4.69, 9.17) is 4.42 Å². The number of anilines is 2. The average Bonchev–Trinajstić information content (AvgIpc) is 3.47. The molecule has 0 aliphatic carbocycles. The van der Waals surface area contributed by atoms with Crippen LogP contribution in [0.4, 0.5) is 11.7 Å². The zero-order chi connectivity index (χ0) is 23.0. The van der Waals surface area contributed by atoms with Gasteiger partial charge in [0.05, 0.1) is 10.6 Å². The summed E-state index contributed by atoms with van der Waals surface area (Å²) in [7, 11) is -3.73. The van der Waals surface area contributed by atoms with Crippen molar-refractivity contribution in [3.05, 3.63) is 88.4 Å². The van der Waals surface area contributed by atoms with Gasteiger partial charge in [-0.15, -0.1) is 5.10 Å². The number of hydrogen-bond acceptors (Lipinski definition) is 6. The van der Waals surface area contributed by atoms with E-state index in [2.05, 4.69) is 31.4 Å². The highest BCUT2D eigenvalue weighted by atomic mass is 79.9. The average molecular weight is 525 g/mol. The van der Waals surface area contributed by atoms with Crippen LogP contribution >= 0.6 is 15.9 Å². The first-order valence-corrected chi connectivity index (χ1v) is 12.3. The Morgan fingerprint density at radius 2 is 1.70 bits per heavy atom. The summed E-state index contributed by atoms with van der Waals surface area (Å²) in [6, 6.07) is 20.4. The third-order valence-electron chi connectivity index (χ3n) is 5.29. The first-order chi connectivity index (χ1) is 15.9. The van der Waals surface area contributed by atoms with Gasteiger partial charge in [-0.25, -0.2) is 8.42 Å². The fourth-order valence-corrected chi connectivity index (χ4v) is 5.38. The molecule has 0 bridgehead atoms. The maximum atomic E-state index is 13.1. The molecule has 0 atom stereocenters. The number of fused-ring (bicyclic) bond motifs is 1. The first-order valence-electron chi connectivity index (χ1n) is 10.0. The highest BCUT2D eigenvalue weighted by Crippen LogP contribution is 2.32. The van der Waals surface area contributed by atoms with E-state index in [-0.39, 0.29) is 22.4 Å². The van der Waals surface area contributed by atoms with Gasteiger partial charge in [-0.2, -0.15) is 0 Å². The number of halogens is 1. The molecule has 10 heteroatoms. The van der Waals surface area contributed by atoms with Crippen molar-refractivity contribution in [1.82, 2.24) is 10.2 Å². The Labute approximate surface area is 198 Å². The molecule has 0 saturated carbocycles. The molecule has 0 unspecified atom stereocenters. The topological polar surface area (TPSA) is 105 Å². The Hall–Kier alpha value is -3.50. The number of benzene rings is 3. The lowest BCUT2D eigenvalue weighted by Gasteiger charge is -2.19. The number of aromatic nitrogens is 2. The van der Waals surface area contributed by atoms with Crippen LogP contribution in [0.15, 0.2) is 86.6 Å². The molecule has 0 saturated heterocycles. The van der Waals surface area contributed by atoms with Crippen molar-refractivity contribution in [2.45, 2.75) is 11.3 Å². The third-order valence-corrected chi connectivity index (χ3v) is 7.64. The molecule has 0 spiro atoms. The van der Waals surface area contributed by atoms with Crippen LogP contribution in [0.5, 0.6) is 0 Å². The van der Waals surface area contributed by atoms with Crippen LogP contribution in [-0.4, -0.2) is 31.1 Å². The number of para-hydroxylation sites is 1. The molecule has 4 aromatic rings. The highest BCUT2D eigenvalue weighted by Gasteiger charge is 2.30. The summed E-state index contributed by atoms with van der Waals surface area (Å²) in [5.41, 5.74) is 2.67. The third kappa shape index (κ3) is 4.14. The number of carbonyl (C=O) groups excluding carboxylic acids is 1. The molecule has 33 heavy (non-hydrogen) atoms. The molecule has 1 aliphatic rings. The van der Waals surface area contributed by atoms with Gasteiger partial charge in [-0.1, -0.05) is 39.2 Å². The van der Waals surface area contributed by atoms with Crippen molar-refractivity contribution >= 4 is 43.6 Å². The smallest absolute Gasteiger partial charge is 0.322 e. The maximum absolute atomic E-state index is 13.1. The molecule has 2 heterocycles. The molecule has 5 rings (SSSR count). The van der Waals surface area contributed by atoms with Gasteiger partial charge in [0.1, 0.15) is 0 Å². The molecule has 166 valence electrons. The second-order valence-electron chi connectivity index (χ2n) is 7.35. The SMILES string of the molecule is O=C(Nc1nnc(-c2ccc(Br)cc2)o1)c1ccc(S(=O)(=O)N2CCc3ccccc32)cc1. The standard InChI is InChI=1S/C23H17BrN4O4S/c24-18-9-5-17(6-10-18)22-26-27-23(32-22)25-21(29)16-7-11-19(12-8-16)33(30,31)28-14-13-15-3-1-2-4-20(15)28/h1-12H,13-14H2,(H,25,27,29). The van der Waals surface area contributed by atoms with Crippen LogP contribution in [0.25, 0.3) is 11.5 Å². The van der Waals surface area contributed by atoms with Crippen molar-refractivity contribution in [1.29, 1.82) is 0 Å². The van der Waals surface area contributed by atoms with Gasteiger partial charge < -0.3 is 4.42 Å². The normalized spacial score (nSPS) is 13.1. The number of carbonyl (C=O) groups is 1. The van der Waals surface area contributed by atoms with Gasteiger partial charge in [0, 0.05) is 22.1 Å². The number of nitrogens with zero attached hydrogens (tertiary/aromatic N) is 3. The molecule has 1 amide bonds. The molecule has 1 N–H and O–H groups in total. The van der Waals surface area contributed by atoms with Crippen LogP contribution in [-0.2, 0) is 16.4 Å². The summed E-state index contributed by atoms with van der Waals surface area (Å²) in [6.45, 7) is 0.391. The van der Waals surface area contributed by atoms with E-state index < -0.39 is 15.9 Å². The lowest BCUT2D eigenvalue weighted by Crippen LogP contribution is -2.29. The fourth-order valence-electron chi connectivity index (χ4n) is 3.62. The molecular weight excluding hydrogens is 508 g/mol. The van der Waals surface area contributed by atoms with Gasteiger partial charge >= 0.3 is 6.01 Å². The van der Waals surface area contributed by atoms with E-state index in [1.165, 1.54) is 28.6 Å². The summed E-state index contributed by atoms with van der Waals surface area (Å²) in [4.78, 5) is 12.7. The van der Waals surface area contributed by atoms with Gasteiger partial charge in [0.15, 0.2) is 0 Å². The summed E-state index contributed by atoms with van der Waals surface area (Å²) in [6.07, 6.45) is 0.669. The van der Waals surface area contributed by atoms with Crippen LogP contribution < -0.4 is 9.62 Å². The molecule has 3 aromatic carbocycles. The van der Waals surface area contributed by atoms with Crippen molar-refractivity contribution in [2.75, 3.05) is 16.2 Å². The van der Waals surface area contributed by atoms with Crippen molar-refractivity contribution in [3.8, 4) is 11.5 Å².